The Balaban J connectivity index is 2.27. The van der Waals surface area contributed by atoms with E-state index in [1.807, 2.05) is 6.07 Å². The number of fused-ring (bicyclic) bond motifs is 1. The second-order valence-corrected chi connectivity index (χ2v) is 5.68. The number of halogens is 1. The lowest BCUT2D eigenvalue weighted by Crippen LogP contribution is -2.33. The van der Waals surface area contributed by atoms with E-state index in [9.17, 15) is 9.59 Å². The van der Waals surface area contributed by atoms with Crippen LogP contribution in [-0.4, -0.2) is 33.5 Å². The number of aliphatic carboxylic acids is 1. The van der Waals surface area contributed by atoms with E-state index < -0.39 is 24.3 Å². The fourth-order valence-electron chi connectivity index (χ4n) is 1.43. The smallest absolute Gasteiger partial charge is 0.322 e. The van der Waals surface area contributed by atoms with Crippen LogP contribution in [-0.2, 0) is 9.59 Å². The number of carboxylic acid groups (broad SMARTS) is 1. The minimum absolute atomic E-state index is 0.288. The summed E-state index contributed by atoms with van der Waals surface area (Å²) in [5.41, 5.74) is 0.444. The number of carboxylic acids is 1. The van der Waals surface area contributed by atoms with Gasteiger partial charge in [0.25, 0.3) is 0 Å². The SMILES string of the molecule is N#CC(C(=O)NCC(=O)O)c1nc2ncc(Br)cc2s1. The zero-order valence-electron chi connectivity index (χ0n) is 9.83. The first kappa shape index (κ1) is 14.4. The number of aromatic nitrogens is 2. The molecule has 102 valence electrons. The van der Waals surface area contributed by atoms with E-state index in [0.717, 1.165) is 9.17 Å². The lowest BCUT2D eigenvalue weighted by molar-refractivity contribution is -0.138. The number of amides is 1. The average molecular weight is 355 g/mol. The van der Waals surface area contributed by atoms with Crippen molar-refractivity contribution in [1.82, 2.24) is 15.3 Å². The number of hydrogen-bond acceptors (Lipinski definition) is 6. The van der Waals surface area contributed by atoms with Crippen molar-refractivity contribution in [3.8, 4) is 6.07 Å². The normalized spacial score (nSPS) is 11.8. The Morgan fingerprint density at radius 3 is 3.00 bits per heavy atom. The Hall–Kier alpha value is -2.05. The summed E-state index contributed by atoms with van der Waals surface area (Å²) in [6.45, 7) is -0.536. The fourth-order valence-corrected chi connectivity index (χ4v) is 2.92. The number of hydrogen-bond donors (Lipinski definition) is 2. The summed E-state index contributed by atoms with van der Waals surface area (Å²) in [4.78, 5) is 30.4. The number of pyridine rings is 1. The Morgan fingerprint density at radius 1 is 1.60 bits per heavy atom. The molecule has 2 aromatic rings. The number of nitrogens with one attached hydrogen (secondary N) is 1. The number of nitriles is 1. The highest BCUT2D eigenvalue weighted by Crippen LogP contribution is 2.28. The molecule has 20 heavy (non-hydrogen) atoms. The summed E-state index contributed by atoms with van der Waals surface area (Å²) in [5, 5.41) is 20.0. The number of rotatable bonds is 4. The van der Waals surface area contributed by atoms with Crippen molar-refractivity contribution in [3.05, 3.63) is 21.7 Å². The molecule has 0 bridgehead atoms. The van der Waals surface area contributed by atoms with Gasteiger partial charge in [0.05, 0.1) is 10.8 Å². The second kappa shape index (κ2) is 5.94. The van der Waals surface area contributed by atoms with Crippen molar-refractivity contribution in [2.75, 3.05) is 6.54 Å². The number of carbonyl (C=O) groups excluding carboxylic acids is 1. The summed E-state index contributed by atoms with van der Waals surface area (Å²) in [5.74, 6) is -3.01. The molecule has 0 aliphatic carbocycles. The van der Waals surface area contributed by atoms with Crippen molar-refractivity contribution in [2.45, 2.75) is 5.92 Å². The van der Waals surface area contributed by atoms with Gasteiger partial charge in [-0.15, -0.1) is 11.3 Å². The molecule has 9 heteroatoms. The van der Waals surface area contributed by atoms with E-state index >= 15 is 0 Å². The maximum Gasteiger partial charge on any atom is 0.322 e. The maximum absolute atomic E-state index is 11.8. The lowest BCUT2D eigenvalue weighted by Gasteiger charge is -2.05. The molecule has 2 heterocycles. The van der Waals surface area contributed by atoms with E-state index in [0.29, 0.717) is 5.65 Å². The van der Waals surface area contributed by atoms with Crippen LogP contribution in [0.3, 0.4) is 0 Å². The van der Waals surface area contributed by atoms with Gasteiger partial charge in [-0.1, -0.05) is 0 Å². The van der Waals surface area contributed by atoms with E-state index in [4.69, 9.17) is 10.4 Å². The third-order valence-corrected chi connectivity index (χ3v) is 3.77. The van der Waals surface area contributed by atoms with Crippen LogP contribution in [0.15, 0.2) is 16.7 Å². The van der Waals surface area contributed by atoms with Crippen LogP contribution in [0.1, 0.15) is 10.9 Å². The molecule has 7 nitrogen and oxygen atoms in total. The van der Waals surface area contributed by atoms with Crippen molar-refractivity contribution in [3.63, 3.8) is 0 Å². The first-order valence-electron chi connectivity index (χ1n) is 5.32. The van der Waals surface area contributed by atoms with Gasteiger partial charge in [-0.3, -0.25) is 9.59 Å². The molecule has 0 fully saturated rings. The van der Waals surface area contributed by atoms with E-state index in [1.54, 1.807) is 12.3 Å². The molecule has 2 rings (SSSR count). The molecule has 0 spiro atoms. The van der Waals surface area contributed by atoms with Crippen LogP contribution in [0.25, 0.3) is 10.3 Å². The van der Waals surface area contributed by atoms with Gasteiger partial charge in [-0.05, 0) is 22.0 Å². The third-order valence-electron chi connectivity index (χ3n) is 2.28. The van der Waals surface area contributed by atoms with Crippen LogP contribution in [0, 0.1) is 11.3 Å². The molecule has 0 saturated carbocycles. The highest BCUT2D eigenvalue weighted by Gasteiger charge is 2.24. The van der Waals surface area contributed by atoms with Crippen molar-refractivity contribution in [1.29, 1.82) is 5.26 Å². The number of thiazole rings is 1. The molecule has 1 amide bonds. The Morgan fingerprint density at radius 2 is 2.35 bits per heavy atom. The summed E-state index contributed by atoms with van der Waals surface area (Å²) in [6, 6.07) is 3.61. The topological polar surface area (TPSA) is 116 Å². The Labute approximate surface area is 125 Å². The quantitative estimate of drug-likeness (QED) is 0.853. The van der Waals surface area contributed by atoms with Gasteiger partial charge in [-0.2, -0.15) is 5.26 Å². The van der Waals surface area contributed by atoms with Gasteiger partial charge in [0.1, 0.15) is 11.6 Å². The highest BCUT2D eigenvalue weighted by atomic mass is 79.9. The first-order valence-corrected chi connectivity index (χ1v) is 6.93. The van der Waals surface area contributed by atoms with Gasteiger partial charge in [0.15, 0.2) is 11.6 Å². The lowest BCUT2D eigenvalue weighted by atomic mass is 10.1. The molecule has 2 N–H and O–H groups in total. The highest BCUT2D eigenvalue weighted by molar-refractivity contribution is 9.10. The largest absolute Gasteiger partial charge is 0.480 e. The standard InChI is InChI=1S/C11H7BrN4O3S/c12-5-1-7-9(14-3-5)16-11(20-7)6(2-13)10(19)15-4-8(17)18/h1,3,6H,4H2,(H,15,19)(H,17,18). The van der Waals surface area contributed by atoms with Crippen LogP contribution < -0.4 is 5.32 Å². The predicted molar refractivity (Wildman–Crippen MR) is 74.1 cm³/mol. The molecule has 2 aromatic heterocycles. The minimum atomic E-state index is -1.18. The van der Waals surface area contributed by atoms with Gasteiger partial charge < -0.3 is 10.4 Å². The average Bonchev–Trinajstić information content (AvgIpc) is 2.79. The van der Waals surface area contributed by atoms with Gasteiger partial charge >= 0.3 is 5.97 Å². The number of carbonyl (C=O) groups is 2. The maximum atomic E-state index is 11.8. The molecule has 0 aliphatic rings. The summed E-state index contributed by atoms with van der Waals surface area (Å²) in [7, 11) is 0. The minimum Gasteiger partial charge on any atom is -0.480 e. The summed E-state index contributed by atoms with van der Waals surface area (Å²) >= 11 is 4.44. The van der Waals surface area contributed by atoms with E-state index in [1.165, 1.54) is 11.3 Å². The molecule has 1 atom stereocenters. The molecule has 0 radical (unpaired) electrons. The predicted octanol–water partition coefficient (Wildman–Crippen LogP) is 1.26. The first-order chi connectivity index (χ1) is 9.51. The van der Waals surface area contributed by atoms with Gasteiger partial charge in [0, 0.05) is 10.7 Å². The molecule has 0 aromatic carbocycles. The Kier molecular flexibility index (Phi) is 4.26. The van der Waals surface area contributed by atoms with Crippen molar-refractivity contribution < 1.29 is 14.7 Å². The van der Waals surface area contributed by atoms with Crippen LogP contribution >= 0.6 is 27.3 Å². The van der Waals surface area contributed by atoms with Gasteiger partial charge in [0.2, 0.25) is 5.91 Å². The second-order valence-electron chi connectivity index (χ2n) is 3.70. The van der Waals surface area contributed by atoms with Crippen molar-refractivity contribution in [2.24, 2.45) is 0 Å². The zero-order chi connectivity index (χ0) is 14.7. The van der Waals surface area contributed by atoms with Crippen LogP contribution in [0.2, 0.25) is 0 Å². The Bertz CT molecular complexity index is 724. The third kappa shape index (κ3) is 3.09. The van der Waals surface area contributed by atoms with E-state index in [2.05, 4.69) is 31.2 Å². The summed E-state index contributed by atoms with van der Waals surface area (Å²) < 4.78 is 1.50. The van der Waals surface area contributed by atoms with E-state index in [-0.39, 0.29) is 5.01 Å². The molecule has 1 unspecified atom stereocenters. The fraction of sp³-hybridized carbons (Fsp3) is 0.182. The van der Waals surface area contributed by atoms with Crippen LogP contribution in [0.5, 0.6) is 0 Å². The zero-order valence-corrected chi connectivity index (χ0v) is 12.2. The summed E-state index contributed by atoms with van der Waals surface area (Å²) in [6.07, 6.45) is 1.57. The van der Waals surface area contributed by atoms with Gasteiger partial charge in [-0.25, -0.2) is 9.97 Å². The molecular formula is C11H7BrN4O3S. The van der Waals surface area contributed by atoms with Crippen molar-refractivity contribution >= 4 is 49.5 Å². The molecule has 0 saturated heterocycles. The monoisotopic (exact) mass is 354 g/mol. The molecule has 0 aliphatic heterocycles. The molecular weight excluding hydrogens is 348 g/mol. The number of nitrogens with zero attached hydrogens (tertiary/aromatic N) is 3. The van der Waals surface area contributed by atoms with Crippen LogP contribution in [0.4, 0.5) is 0 Å².